The lowest BCUT2D eigenvalue weighted by molar-refractivity contribution is 0.662. The molecule has 1 fully saturated rings. The van der Waals surface area contributed by atoms with Crippen LogP contribution in [0.25, 0.3) is 0 Å². The quantitative estimate of drug-likeness (QED) is 0.690. The molecule has 3 rings (SSSR count). The Morgan fingerprint density at radius 3 is 2.87 bits per heavy atom. The van der Waals surface area contributed by atoms with E-state index in [1.165, 1.54) is 11.3 Å². The maximum absolute atomic E-state index is 12.0. The molecule has 15 heavy (non-hydrogen) atoms. The van der Waals surface area contributed by atoms with Crippen LogP contribution in [0, 0.1) is 11.3 Å². The number of aromatic nitrogens is 1. The minimum atomic E-state index is -0.0688. The third kappa shape index (κ3) is 1.21. The van der Waals surface area contributed by atoms with E-state index in [0.717, 1.165) is 32.1 Å². The first-order valence-corrected chi connectivity index (χ1v) is 5.48. The average molecular weight is 200 g/mol. The molecule has 0 radical (unpaired) electrons. The van der Waals surface area contributed by atoms with Gasteiger partial charge >= 0.3 is 0 Å². The van der Waals surface area contributed by atoms with Gasteiger partial charge in [0.25, 0.3) is 5.56 Å². The molecule has 2 aliphatic carbocycles. The van der Waals surface area contributed by atoms with Gasteiger partial charge in [-0.2, -0.15) is 5.26 Å². The second-order valence-electron chi connectivity index (χ2n) is 4.40. The summed E-state index contributed by atoms with van der Waals surface area (Å²) in [5.41, 5.74) is 2.67. The van der Waals surface area contributed by atoms with Crippen LogP contribution in [-0.4, -0.2) is 4.57 Å². The van der Waals surface area contributed by atoms with Gasteiger partial charge in [0.05, 0.1) is 0 Å². The van der Waals surface area contributed by atoms with Crippen molar-refractivity contribution in [3.8, 4) is 6.07 Å². The Kier molecular flexibility index (Phi) is 1.72. The van der Waals surface area contributed by atoms with Crippen LogP contribution in [0.5, 0.6) is 0 Å². The van der Waals surface area contributed by atoms with E-state index in [-0.39, 0.29) is 5.56 Å². The Balaban J connectivity index is 2.30. The molecule has 0 aliphatic heterocycles. The van der Waals surface area contributed by atoms with Gasteiger partial charge in [0, 0.05) is 11.7 Å². The molecule has 3 nitrogen and oxygen atoms in total. The lowest BCUT2D eigenvalue weighted by Crippen LogP contribution is -2.25. The van der Waals surface area contributed by atoms with Gasteiger partial charge in [-0.25, -0.2) is 0 Å². The molecule has 76 valence electrons. The Morgan fingerprint density at radius 2 is 2.20 bits per heavy atom. The van der Waals surface area contributed by atoms with Gasteiger partial charge < -0.3 is 4.57 Å². The lowest BCUT2D eigenvalue weighted by Gasteiger charge is -2.11. The standard InChI is InChI=1S/C12H12N2O/c13-7-9-6-8-2-1-3-11(8)14(12(9)15)10-4-5-10/h6,10H,1-5H2. The highest BCUT2D eigenvalue weighted by molar-refractivity contribution is 5.37. The van der Waals surface area contributed by atoms with Gasteiger partial charge in [-0.05, 0) is 43.7 Å². The summed E-state index contributed by atoms with van der Waals surface area (Å²) in [4.78, 5) is 12.0. The molecule has 0 N–H and O–H groups in total. The van der Waals surface area contributed by atoms with Gasteiger partial charge in [0.2, 0.25) is 0 Å². The fourth-order valence-electron chi connectivity index (χ4n) is 2.47. The second kappa shape index (κ2) is 2.96. The molecule has 0 spiro atoms. The van der Waals surface area contributed by atoms with Crippen LogP contribution in [0.3, 0.4) is 0 Å². The number of hydrogen-bond acceptors (Lipinski definition) is 2. The highest BCUT2D eigenvalue weighted by Crippen LogP contribution is 2.37. The molecule has 2 aliphatic rings. The Morgan fingerprint density at radius 1 is 1.40 bits per heavy atom. The largest absolute Gasteiger partial charge is 0.308 e. The van der Waals surface area contributed by atoms with Crippen molar-refractivity contribution in [2.75, 3.05) is 0 Å². The molecule has 1 aromatic rings. The normalized spacial score (nSPS) is 18.6. The molecule has 0 saturated heterocycles. The van der Waals surface area contributed by atoms with Crippen LogP contribution in [0.15, 0.2) is 10.9 Å². The summed E-state index contributed by atoms with van der Waals surface area (Å²) in [6, 6.07) is 4.20. The van der Waals surface area contributed by atoms with E-state index in [2.05, 4.69) is 0 Å². The fourth-order valence-corrected chi connectivity index (χ4v) is 2.47. The first-order chi connectivity index (χ1) is 7.31. The average Bonchev–Trinajstić information content (AvgIpc) is 2.95. The van der Waals surface area contributed by atoms with E-state index in [1.807, 2.05) is 10.6 Å². The molecule has 0 bridgehead atoms. The topological polar surface area (TPSA) is 45.8 Å². The van der Waals surface area contributed by atoms with Crippen LogP contribution in [-0.2, 0) is 12.8 Å². The zero-order valence-corrected chi connectivity index (χ0v) is 8.49. The Hall–Kier alpha value is -1.56. The van der Waals surface area contributed by atoms with Crippen molar-refractivity contribution in [1.82, 2.24) is 4.57 Å². The number of rotatable bonds is 1. The van der Waals surface area contributed by atoms with Gasteiger partial charge in [0.1, 0.15) is 11.6 Å². The van der Waals surface area contributed by atoms with Gasteiger partial charge in [-0.1, -0.05) is 0 Å². The monoisotopic (exact) mass is 200 g/mol. The molecule has 1 aromatic heterocycles. The predicted octanol–water partition coefficient (Wildman–Crippen LogP) is 1.54. The molecule has 0 amide bonds. The number of pyridine rings is 1. The van der Waals surface area contributed by atoms with Crippen molar-refractivity contribution >= 4 is 0 Å². The fraction of sp³-hybridized carbons (Fsp3) is 0.500. The van der Waals surface area contributed by atoms with Crippen molar-refractivity contribution in [3.05, 3.63) is 33.2 Å². The summed E-state index contributed by atoms with van der Waals surface area (Å²) < 4.78 is 1.89. The first-order valence-electron chi connectivity index (χ1n) is 5.48. The van der Waals surface area contributed by atoms with Crippen molar-refractivity contribution in [1.29, 1.82) is 5.26 Å². The number of nitrogens with zero attached hydrogens (tertiary/aromatic N) is 2. The predicted molar refractivity (Wildman–Crippen MR) is 55.7 cm³/mol. The minimum absolute atomic E-state index is 0.0688. The number of hydrogen-bond donors (Lipinski definition) is 0. The summed E-state index contributed by atoms with van der Waals surface area (Å²) in [7, 11) is 0. The van der Waals surface area contributed by atoms with Crippen LogP contribution in [0.2, 0.25) is 0 Å². The minimum Gasteiger partial charge on any atom is -0.308 e. The van der Waals surface area contributed by atoms with Crippen LogP contribution in [0.4, 0.5) is 0 Å². The third-order valence-corrected chi connectivity index (χ3v) is 3.32. The van der Waals surface area contributed by atoms with Crippen molar-refractivity contribution < 1.29 is 0 Å². The van der Waals surface area contributed by atoms with Crippen molar-refractivity contribution in [3.63, 3.8) is 0 Å². The Labute approximate surface area is 88.0 Å². The molecular formula is C12H12N2O. The number of fused-ring (bicyclic) bond motifs is 1. The van der Waals surface area contributed by atoms with E-state index in [1.54, 1.807) is 6.07 Å². The summed E-state index contributed by atoms with van der Waals surface area (Å²) in [6.07, 6.45) is 5.35. The molecule has 0 aromatic carbocycles. The number of aryl methyl sites for hydroxylation is 1. The zero-order valence-electron chi connectivity index (χ0n) is 8.49. The molecule has 1 heterocycles. The zero-order chi connectivity index (χ0) is 10.4. The first kappa shape index (κ1) is 8.72. The van der Waals surface area contributed by atoms with Crippen LogP contribution < -0.4 is 5.56 Å². The van der Waals surface area contributed by atoms with Crippen LogP contribution >= 0.6 is 0 Å². The van der Waals surface area contributed by atoms with Crippen molar-refractivity contribution in [2.24, 2.45) is 0 Å². The summed E-state index contributed by atoms with van der Waals surface area (Å²) in [6.45, 7) is 0. The van der Waals surface area contributed by atoms with Gasteiger partial charge in [-0.3, -0.25) is 4.79 Å². The lowest BCUT2D eigenvalue weighted by atomic mass is 10.1. The second-order valence-corrected chi connectivity index (χ2v) is 4.40. The summed E-state index contributed by atoms with van der Waals surface area (Å²) in [5.74, 6) is 0. The summed E-state index contributed by atoms with van der Waals surface area (Å²) >= 11 is 0. The van der Waals surface area contributed by atoms with E-state index in [9.17, 15) is 4.79 Å². The Bertz CT molecular complexity index is 518. The van der Waals surface area contributed by atoms with Crippen LogP contribution in [0.1, 0.15) is 42.1 Å². The van der Waals surface area contributed by atoms with E-state index < -0.39 is 0 Å². The smallest absolute Gasteiger partial charge is 0.268 e. The number of nitriles is 1. The van der Waals surface area contributed by atoms with Gasteiger partial charge in [-0.15, -0.1) is 0 Å². The summed E-state index contributed by atoms with van der Waals surface area (Å²) in [5, 5.41) is 8.91. The highest BCUT2D eigenvalue weighted by atomic mass is 16.1. The molecular weight excluding hydrogens is 188 g/mol. The molecule has 3 heteroatoms. The highest BCUT2D eigenvalue weighted by Gasteiger charge is 2.30. The third-order valence-electron chi connectivity index (χ3n) is 3.32. The van der Waals surface area contributed by atoms with E-state index >= 15 is 0 Å². The molecule has 0 unspecified atom stereocenters. The maximum atomic E-state index is 12.0. The van der Waals surface area contributed by atoms with E-state index in [0.29, 0.717) is 11.6 Å². The van der Waals surface area contributed by atoms with Crippen molar-refractivity contribution in [2.45, 2.75) is 38.1 Å². The van der Waals surface area contributed by atoms with Gasteiger partial charge in [0.15, 0.2) is 0 Å². The SMILES string of the molecule is N#Cc1cc2c(n(C3CC3)c1=O)CCC2. The van der Waals surface area contributed by atoms with E-state index in [4.69, 9.17) is 5.26 Å². The molecule has 0 atom stereocenters. The maximum Gasteiger partial charge on any atom is 0.268 e. The molecule has 1 saturated carbocycles.